The number of hydrogen-bond acceptors (Lipinski definition) is 6. The second-order valence-corrected chi connectivity index (χ2v) is 11.3. The van der Waals surface area contributed by atoms with Crippen LogP contribution < -0.4 is 32.2 Å². The number of imidazole rings is 1. The highest BCUT2D eigenvalue weighted by molar-refractivity contribution is 7.99. The molecular formula is C32H41BrN4O6S. The fourth-order valence-corrected chi connectivity index (χ4v) is 5.74. The normalized spacial score (nSPS) is 12.0. The van der Waals surface area contributed by atoms with E-state index in [1.165, 1.54) is 11.8 Å². The maximum Gasteiger partial charge on any atom is 0.408 e. The predicted molar refractivity (Wildman–Crippen MR) is 164 cm³/mol. The molecule has 0 aliphatic heterocycles. The van der Waals surface area contributed by atoms with E-state index in [0.717, 1.165) is 40.6 Å². The zero-order valence-corrected chi connectivity index (χ0v) is 27.9. The number of benzene rings is 2. The summed E-state index contributed by atoms with van der Waals surface area (Å²) in [6.45, 7) is 7.05. The average Bonchev–Trinajstić information content (AvgIpc) is 3.20. The molecule has 0 fully saturated rings. The molecule has 1 aromatic heterocycles. The lowest BCUT2D eigenvalue weighted by Gasteiger charge is -2.21. The van der Waals surface area contributed by atoms with E-state index in [0.29, 0.717) is 0 Å². The van der Waals surface area contributed by atoms with Crippen LogP contribution in [-0.2, 0) is 45.7 Å². The van der Waals surface area contributed by atoms with E-state index < -0.39 is 30.1 Å². The van der Waals surface area contributed by atoms with E-state index in [2.05, 4.69) is 33.6 Å². The van der Waals surface area contributed by atoms with E-state index >= 15 is 0 Å². The number of thioether (sulfide) groups is 1. The molecule has 0 saturated carbocycles. The van der Waals surface area contributed by atoms with Crippen LogP contribution in [0.1, 0.15) is 48.7 Å². The minimum absolute atomic E-state index is 0. The molecule has 1 heterocycles. The first-order valence-electron chi connectivity index (χ1n) is 14.3. The van der Waals surface area contributed by atoms with Crippen molar-refractivity contribution in [1.29, 1.82) is 0 Å². The molecule has 238 valence electrons. The van der Waals surface area contributed by atoms with Crippen LogP contribution in [-0.4, -0.2) is 51.3 Å². The van der Waals surface area contributed by atoms with E-state index in [9.17, 15) is 24.3 Å². The number of nitrogens with zero attached hydrogens (tertiary/aromatic N) is 2. The van der Waals surface area contributed by atoms with Gasteiger partial charge in [0.1, 0.15) is 35.9 Å². The molecule has 3 aromatic rings. The Bertz CT molecular complexity index is 1400. The van der Waals surface area contributed by atoms with E-state index in [1.54, 1.807) is 0 Å². The zero-order valence-electron chi connectivity index (χ0n) is 25.5. The summed E-state index contributed by atoms with van der Waals surface area (Å²) in [5.74, 6) is -1.86. The minimum Gasteiger partial charge on any atom is -1.00 e. The van der Waals surface area contributed by atoms with Gasteiger partial charge < -0.3 is 37.5 Å². The molecular weight excluding hydrogens is 648 g/mol. The molecule has 3 N–H and O–H groups in total. The number of aliphatic carboxylic acids is 1. The molecule has 0 aliphatic carbocycles. The van der Waals surface area contributed by atoms with Crippen molar-refractivity contribution in [2.24, 2.45) is 7.05 Å². The fraction of sp³-hybridized carbons (Fsp3) is 0.406. The molecule has 0 saturated heterocycles. The summed E-state index contributed by atoms with van der Waals surface area (Å²) >= 11 is 1.43. The smallest absolute Gasteiger partial charge is 0.408 e. The number of carboxylic acid groups (broad SMARTS) is 1. The van der Waals surface area contributed by atoms with Crippen molar-refractivity contribution < 1.29 is 50.6 Å². The first kappa shape index (κ1) is 36.6. The molecule has 0 aliphatic rings. The Morgan fingerprint density at radius 2 is 1.57 bits per heavy atom. The molecule has 44 heavy (non-hydrogen) atoms. The number of aromatic nitrogens is 2. The highest BCUT2D eigenvalue weighted by atomic mass is 79.9. The van der Waals surface area contributed by atoms with Gasteiger partial charge in [0, 0.05) is 26.7 Å². The van der Waals surface area contributed by atoms with Crippen molar-refractivity contribution in [2.75, 3.05) is 5.75 Å². The van der Waals surface area contributed by atoms with Crippen LogP contribution in [0.2, 0.25) is 0 Å². The van der Waals surface area contributed by atoms with Gasteiger partial charge in [-0.15, -0.1) is 0 Å². The first-order chi connectivity index (χ1) is 20.6. The summed E-state index contributed by atoms with van der Waals surface area (Å²) in [5.41, 5.74) is 3.83. The van der Waals surface area contributed by atoms with Gasteiger partial charge in [0.15, 0.2) is 0 Å². The van der Waals surface area contributed by atoms with E-state index in [4.69, 9.17) is 4.74 Å². The van der Waals surface area contributed by atoms with Crippen molar-refractivity contribution in [1.82, 2.24) is 15.2 Å². The Kier molecular flexibility index (Phi) is 15.1. The number of ketones is 1. The summed E-state index contributed by atoms with van der Waals surface area (Å²) in [5, 5.41) is 15.9. The summed E-state index contributed by atoms with van der Waals surface area (Å²) in [4.78, 5) is 50.7. The lowest BCUT2D eigenvalue weighted by molar-refractivity contribution is -0.715. The van der Waals surface area contributed by atoms with Gasteiger partial charge in [0.25, 0.3) is 0 Å². The molecule has 12 heteroatoms. The van der Waals surface area contributed by atoms with Crippen LogP contribution >= 0.6 is 11.8 Å². The van der Waals surface area contributed by atoms with Gasteiger partial charge in [-0.3, -0.25) is 9.59 Å². The van der Waals surface area contributed by atoms with Crippen molar-refractivity contribution in [3.8, 4) is 0 Å². The van der Waals surface area contributed by atoms with Gasteiger partial charge in [0.2, 0.25) is 5.91 Å². The molecule has 3 rings (SSSR count). The fourth-order valence-electron chi connectivity index (χ4n) is 4.59. The van der Waals surface area contributed by atoms with Gasteiger partial charge in [-0.1, -0.05) is 67.6 Å². The molecule has 0 bridgehead atoms. The van der Waals surface area contributed by atoms with Crippen LogP contribution in [0.5, 0.6) is 0 Å². The number of Topliss-reactive ketones (excluding diaryl/α,β-unsaturated/α-hetero) is 1. The third kappa shape index (κ3) is 10.8. The first-order valence-corrected chi connectivity index (χ1v) is 15.3. The molecule has 0 unspecified atom stereocenters. The van der Waals surface area contributed by atoms with Crippen molar-refractivity contribution >= 4 is 35.5 Å². The average molecular weight is 690 g/mol. The summed E-state index contributed by atoms with van der Waals surface area (Å²) in [6.07, 6.45) is 0.197. The molecule has 0 radical (unpaired) electrons. The second-order valence-electron chi connectivity index (χ2n) is 10.4. The summed E-state index contributed by atoms with van der Waals surface area (Å²) in [6, 6.07) is 15.8. The minimum atomic E-state index is -1.30. The Hall–Kier alpha value is -3.64. The number of carbonyl (C=O) groups excluding carboxylic acids is 3. The zero-order chi connectivity index (χ0) is 31.4. The number of ether oxygens (including phenoxy) is 1. The number of nitrogens with one attached hydrogen (secondary N) is 2. The van der Waals surface area contributed by atoms with E-state index in [-0.39, 0.29) is 54.4 Å². The maximum absolute atomic E-state index is 13.3. The third-order valence-corrected chi connectivity index (χ3v) is 8.41. The molecule has 0 spiro atoms. The van der Waals surface area contributed by atoms with Gasteiger partial charge in [0.05, 0.1) is 19.3 Å². The number of hydrogen-bond donors (Lipinski definition) is 3. The van der Waals surface area contributed by atoms with Crippen LogP contribution in [0.3, 0.4) is 0 Å². The number of rotatable bonds is 16. The highest BCUT2D eigenvalue weighted by Crippen LogP contribution is 2.20. The Morgan fingerprint density at radius 1 is 0.955 bits per heavy atom. The van der Waals surface area contributed by atoms with Gasteiger partial charge >= 0.3 is 17.2 Å². The number of alkyl carbamates (subject to hydrolysis) is 1. The Balaban J connectivity index is 0.00000675. The number of halogens is 1. The Morgan fingerprint density at radius 3 is 2.16 bits per heavy atom. The number of carboxylic acids is 1. The monoisotopic (exact) mass is 688 g/mol. The molecule has 2 amide bonds. The van der Waals surface area contributed by atoms with Crippen LogP contribution in [0.15, 0.2) is 65.8 Å². The number of carbonyl (C=O) groups is 4. The van der Waals surface area contributed by atoms with Gasteiger partial charge in [-0.2, -0.15) is 0 Å². The van der Waals surface area contributed by atoms with E-state index in [1.807, 2.05) is 74.6 Å². The highest BCUT2D eigenvalue weighted by Gasteiger charge is 2.29. The topological polar surface area (TPSA) is 131 Å². The summed E-state index contributed by atoms with van der Waals surface area (Å²) < 4.78 is 9.54. The van der Waals surface area contributed by atoms with Crippen molar-refractivity contribution in [3.05, 3.63) is 83.2 Å². The van der Waals surface area contributed by atoms with Crippen LogP contribution in [0, 0.1) is 13.8 Å². The third-order valence-electron chi connectivity index (χ3n) is 7.19. The lowest BCUT2D eigenvalue weighted by atomic mass is 10.0. The molecule has 2 atom stereocenters. The van der Waals surface area contributed by atoms with Crippen molar-refractivity contribution in [2.45, 2.75) is 76.8 Å². The molecule has 2 aromatic carbocycles. The second kappa shape index (κ2) is 18.2. The van der Waals surface area contributed by atoms with Gasteiger partial charge in [-0.05, 0) is 35.7 Å². The van der Waals surface area contributed by atoms with Crippen LogP contribution in [0.4, 0.5) is 4.79 Å². The summed E-state index contributed by atoms with van der Waals surface area (Å²) in [7, 11) is 1.97. The standard InChI is InChI=1S/C32H40N4O6S.BrH/c1-5-18-36-23(3)22(2)35(4)32(36)43-21-26(37)16-17-27(30(39)40)33-29(38)28(19-24-12-8-6-9-13-24)34-31(41)42-20-25-14-10-7-11-15-25;/h6-15,27-28H,5,16-21H2,1-4H3,(H2-,33,34,38,39,40,41);1H/t27-,28-;/m0./s1. The SMILES string of the molecule is CCCn1c(C)c(C)[n+](C)c1SCC(=O)CC[C@H](NC(=O)[C@H](Cc1ccccc1)NC(=O)OCc1ccccc1)C(=O)O.[Br-]. The lowest BCUT2D eigenvalue weighted by Crippen LogP contribution is -3.00. The van der Waals surface area contributed by atoms with Crippen molar-refractivity contribution in [3.63, 3.8) is 0 Å². The maximum atomic E-state index is 13.3. The predicted octanol–water partition coefficient (Wildman–Crippen LogP) is 0.892. The quantitative estimate of drug-likeness (QED) is 0.151. The van der Waals surface area contributed by atoms with Crippen LogP contribution in [0.25, 0.3) is 0 Å². The number of amides is 2. The molecule has 10 nitrogen and oxygen atoms in total. The van der Waals surface area contributed by atoms with Gasteiger partial charge in [-0.25, -0.2) is 18.7 Å². The Labute approximate surface area is 273 Å². The largest absolute Gasteiger partial charge is 1.00 e.